The minimum absolute atomic E-state index is 0.216. The number of halogens is 2. The smallest absolute Gasteiger partial charge is 0.271 e. The molecular formula is C37H28Cl2N2O6. The van der Waals surface area contributed by atoms with Gasteiger partial charge in [-0.05, 0) is 84.1 Å². The number of methoxy groups -OCH3 is 1. The molecule has 2 heterocycles. The molecule has 0 radical (unpaired) electrons. The molecule has 2 aliphatic rings. The van der Waals surface area contributed by atoms with Gasteiger partial charge in [-0.1, -0.05) is 59.6 Å². The van der Waals surface area contributed by atoms with Crippen LogP contribution in [0.15, 0.2) is 103 Å². The standard InChI is InChI=1S/C37H28Cl2N2O6/c1-45-26-16-12-25(13-17-26)41-33(34(37(41)44)47-31-18-11-24(38)21-30(31)39)23-9-14-27(15-10-23)46-20-4-19-40-35(42)28-7-2-5-22-6-3-8-29(32(22)28)36(40)43/h2-3,5-18,21,33-34H,4,19-20H2,1H3. The van der Waals surface area contributed by atoms with Crippen molar-refractivity contribution in [2.75, 3.05) is 25.2 Å². The van der Waals surface area contributed by atoms with Gasteiger partial charge in [-0.25, -0.2) is 0 Å². The molecule has 2 aliphatic heterocycles. The van der Waals surface area contributed by atoms with E-state index in [1.54, 1.807) is 54.5 Å². The summed E-state index contributed by atoms with van der Waals surface area (Å²) < 4.78 is 17.4. The van der Waals surface area contributed by atoms with Gasteiger partial charge < -0.3 is 14.2 Å². The molecule has 5 aromatic carbocycles. The van der Waals surface area contributed by atoms with Crippen LogP contribution in [0.5, 0.6) is 17.2 Å². The number of hydrogen-bond donors (Lipinski definition) is 0. The number of amides is 3. The molecule has 0 aliphatic carbocycles. The largest absolute Gasteiger partial charge is 0.497 e. The highest BCUT2D eigenvalue weighted by Crippen LogP contribution is 2.43. The molecule has 3 amide bonds. The molecular weight excluding hydrogens is 639 g/mol. The third kappa shape index (κ3) is 5.64. The van der Waals surface area contributed by atoms with Gasteiger partial charge in [-0.15, -0.1) is 0 Å². The van der Waals surface area contributed by atoms with E-state index in [0.717, 1.165) is 10.9 Å². The second-order valence-corrected chi connectivity index (χ2v) is 12.1. The predicted octanol–water partition coefficient (Wildman–Crippen LogP) is 7.76. The maximum Gasteiger partial charge on any atom is 0.271 e. The van der Waals surface area contributed by atoms with E-state index in [4.69, 9.17) is 37.4 Å². The fraction of sp³-hybridized carbons (Fsp3) is 0.162. The van der Waals surface area contributed by atoms with Crippen molar-refractivity contribution in [3.8, 4) is 17.2 Å². The first-order valence-corrected chi connectivity index (χ1v) is 15.8. The second-order valence-electron chi connectivity index (χ2n) is 11.2. The van der Waals surface area contributed by atoms with E-state index in [2.05, 4.69) is 0 Å². The maximum absolute atomic E-state index is 13.4. The van der Waals surface area contributed by atoms with E-state index < -0.39 is 12.1 Å². The first kappa shape index (κ1) is 30.6. The molecule has 8 nitrogen and oxygen atoms in total. The first-order chi connectivity index (χ1) is 22.8. The van der Waals surface area contributed by atoms with E-state index in [1.165, 1.54) is 4.90 Å². The maximum atomic E-state index is 13.4. The van der Waals surface area contributed by atoms with Crippen LogP contribution in [0.25, 0.3) is 10.8 Å². The molecule has 0 saturated carbocycles. The van der Waals surface area contributed by atoms with Crippen molar-refractivity contribution in [2.45, 2.75) is 18.6 Å². The van der Waals surface area contributed by atoms with Gasteiger partial charge in [0.15, 0.2) is 0 Å². The summed E-state index contributed by atoms with van der Waals surface area (Å²) in [6, 6.07) is 30.1. The minimum Gasteiger partial charge on any atom is -0.497 e. The van der Waals surface area contributed by atoms with Gasteiger partial charge in [0.25, 0.3) is 17.7 Å². The average molecular weight is 668 g/mol. The van der Waals surface area contributed by atoms with E-state index in [1.807, 2.05) is 60.7 Å². The number of nitrogens with zero attached hydrogens (tertiary/aromatic N) is 2. The number of benzene rings is 5. The molecule has 236 valence electrons. The van der Waals surface area contributed by atoms with Gasteiger partial charge in [0.1, 0.15) is 23.3 Å². The van der Waals surface area contributed by atoms with Crippen molar-refractivity contribution in [2.24, 2.45) is 0 Å². The van der Waals surface area contributed by atoms with E-state index in [9.17, 15) is 14.4 Å². The van der Waals surface area contributed by atoms with Gasteiger partial charge in [-0.2, -0.15) is 0 Å². The minimum atomic E-state index is -0.821. The van der Waals surface area contributed by atoms with E-state index >= 15 is 0 Å². The lowest BCUT2D eigenvalue weighted by molar-refractivity contribution is -0.135. The molecule has 0 N–H and O–H groups in total. The van der Waals surface area contributed by atoms with Crippen molar-refractivity contribution in [3.63, 3.8) is 0 Å². The molecule has 0 bridgehead atoms. The van der Waals surface area contributed by atoms with Gasteiger partial charge in [0.2, 0.25) is 6.10 Å². The number of carbonyl (C=O) groups excluding carboxylic acids is 3. The summed E-state index contributed by atoms with van der Waals surface area (Å²) in [4.78, 5) is 42.8. The molecule has 1 fully saturated rings. The summed E-state index contributed by atoms with van der Waals surface area (Å²) >= 11 is 12.4. The van der Waals surface area contributed by atoms with Crippen molar-refractivity contribution >= 4 is 57.4 Å². The topological polar surface area (TPSA) is 85.4 Å². The Hall–Kier alpha value is -5.05. The van der Waals surface area contributed by atoms with Crippen LogP contribution in [0.1, 0.15) is 38.7 Å². The summed E-state index contributed by atoms with van der Waals surface area (Å²) in [5.74, 6) is 0.844. The summed E-state index contributed by atoms with van der Waals surface area (Å²) in [5.41, 5.74) is 2.60. The fourth-order valence-electron chi connectivity index (χ4n) is 6.10. The van der Waals surface area contributed by atoms with Crippen LogP contribution >= 0.6 is 23.2 Å². The number of imide groups is 1. The molecule has 10 heteroatoms. The zero-order valence-electron chi connectivity index (χ0n) is 25.2. The number of hydrogen-bond acceptors (Lipinski definition) is 6. The summed E-state index contributed by atoms with van der Waals surface area (Å²) in [6.07, 6.45) is -0.365. The zero-order chi connectivity index (χ0) is 32.7. The van der Waals surface area contributed by atoms with Crippen LogP contribution in [0.4, 0.5) is 5.69 Å². The quantitative estimate of drug-likeness (QED) is 0.0861. The van der Waals surface area contributed by atoms with Gasteiger partial charge in [-0.3, -0.25) is 24.2 Å². The van der Waals surface area contributed by atoms with Crippen molar-refractivity contribution in [1.82, 2.24) is 4.90 Å². The van der Waals surface area contributed by atoms with Gasteiger partial charge in [0.05, 0.1) is 18.7 Å². The molecule has 5 aromatic rings. The van der Waals surface area contributed by atoms with Crippen LogP contribution in [-0.2, 0) is 4.79 Å². The Morgan fingerprint density at radius 3 is 2.06 bits per heavy atom. The Labute approximate surface area is 281 Å². The monoisotopic (exact) mass is 666 g/mol. The SMILES string of the molecule is COc1ccc(N2C(=O)C(Oc3ccc(Cl)cc3Cl)C2c2ccc(OCCCN3C(=O)c4cccc5cccc(c45)C3=O)cc2)cc1. The first-order valence-electron chi connectivity index (χ1n) is 15.0. The molecule has 7 rings (SSSR count). The third-order valence-corrected chi connectivity index (χ3v) is 8.95. The van der Waals surface area contributed by atoms with Crippen LogP contribution < -0.4 is 19.1 Å². The van der Waals surface area contributed by atoms with Gasteiger partial charge in [0, 0.05) is 33.8 Å². The summed E-state index contributed by atoms with van der Waals surface area (Å²) in [7, 11) is 1.59. The van der Waals surface area contributed by atoms with Crippen LogP contribution in [0.2, 0.25) is 10.0 Å². The van der Waals surface area contributed by atoms with Gasteiger partial charge >= 0.3 is 0 Å². The number of rotatable bonds is 10. The lowest BCUT2D eigenvalue weighted by atomic mass is 9.89. The molecule has 0 aromatic heterocycles. The Morgan fingerprint density at radius 2 is 1.43 bits per heavy atom. The van der Waals surface area contributed by atoms with Crippen molar-refractivity contribution in [3.05, 3.63) is 130 Å². The fourth-order valence-corrected chi connectivity index (χ4v) is 6.55. The molecule has 47 heavy (non-hydrogen) atoms. The van der Waals surface area contributed by atoms with E-state index in [-0.39, 0.29) is 24.3 Å². The highest BCUT2D eigenvalue weighted by Gasteiger charge is 2.51. The number of anilines is 1. The lowest BCUT2D eigenvalue weighted by Gasteiger charge is -2.46. The Kier molecular flexibility index (Phi) is 8.22. The molecule has 2 unspecified atom stereocenters. The van der Waals surface area contributed by atoms with Crippen LogP contribution in [0, 0.1) is 0 Å². The summed E-state index contributed by atoms with van der Waals surface area (Å²) in [5, 5.41) is 2.36. The zero-order valence-corrected chi connectivity index (χ0v) is 26.7. The summed E-state index contributed by atoms with van der Waals surface area (Å²) in [6.45, 7) is 0.525. The van der Waals surface area contributed by atoms with E-state index in [0.29, 0.717) is 62.5 Å². The number of ether oxygens (including phenoxy) is 3. The molecule has 0 spiro atoms. The normalized spacial score (nSPS) is 17.1. The third-order valence-electron chi connectivity index (χ3n) is 8.42. The number of β-lactam (4-membered cyclic amide) rings is 1. The highest BCUT2D eigenvalue weighted by atomic mass is 35.5. The second kappa shape index (κ2) is 12.6. The molecule has 2 atom stereocenters. The predicted molar refractivity (Wildman–Crippen MR) is 180 cm³/mol. The lowest BCUT2D eigenvalue weighted by Crippen LogP contribution is -2.61. The average Bonchev–Trinajstić information content (AvgIpc) is 3.09. The number of carbonyl (C=O) groups is 3. The Morgan fingerprint density at radius 1 is 0.766 bits per heavy atom. The highest BCUT2D eigenvalue weighted by molar-refractivity contribution is 6.35. The van der Waals surface area contributed by atoms with Crippen molar-refractivity contribution in [1.29, 1.82) is 0 Å². The Balaban J connectivity index is 1.03. The molecule has 1 saturated heterocycles. The Bertz CT molecular complexity index is 1960. The van der Waals surface area contributed by atoms with Crippen LogP contribution in [0.3, 0.4) is 0 Å². The van der Waals surface area contributed by atoms with Crippen molar-refractivity contribution < 1.29 is 28.6 Å². The van der Waals surface area contributed by atoms with Crippen LogP contribution in [-0.4, -0.2) is 49.0 Å².